The fraction of sp³-hybridized carbons (Fsp3) is 0.545. The van der Waals surface area contributed by atoms with Crippen molar-refractivity contribution in [2.75, 3.05) is 24.8 Å². The lowest BCUT2D eigenvalue weighted by atomic mass is 10.3. The van der Waals surface area contributed by atoms with Crippen molar-refractivity contribution in [2.24, 2.45) is 7.05 Å². The molecule has 0 radical (unpaired) electrons. The second kappa shape index (κ2) is 5.30. The van der Waals surface area contributed by atoms with Gasteiger partial charge in [0.2, 0.25) is 0 Å². The van der Waals surface area contributed by atoms with Gasteiger partial charge in [0, 0.05) is 32.1 Å². The summed E-state index contributed by atoms with van der Waals surface area (Å²) < 4.78 is 1.76. The Kier molecular flexibility index (Phi) is 4.29. The molecule has 5 heteroatoms. The molecule has 4 nitrogen and oxygen atoms in total. The molecule has 0 aliphatic rings. The number of thioether (sulfide) groups is 1. The summed E-state index contributed by atoms with van der Waals surface area (Å²) in [6, 6.07) is 1.93. The van der Waals surface area contributed by atoms with Crippen LogP contribution in [0.5, 0.6) is 0 Å². The van der Waals surface area contributed by atoms with Gasteiger partial charge in [-0.15, -0.1) is 0 Å². The third kappa shape index (κ3) is 2.72. The quantitative estimate of drug-likeness (QED) is 0.867. The molecule has 1 aromatic rings. The molecular formula is C11H19N3OS. The van der Waals surface area contributed by atoms with Gasteiger partial charge in [-0.05, 0) is 19.2 Å². The van der Waals surface area contributed by atoms with Crippen molar-refractivity contribution in [3.05, 3.63) is 18.0 Å². The van der Waals surface area contributed by atoms with Crippen molar-refractivity contribution < 1.29 is 4.79 Å². The van der Waals surface area contributed by atoms with Crippen LogP contribution in [0.2, 0.25) is 0 Å². The SMILES string of the molecule is CSCC(C)N(C)C(=O)c1cc(N)cn1C. The van der Waals surface area contributed by atoms with Crippen molar-refractivity contribution in [3.8, 4) is 0 Å². The Bertz CT molecular complexity index is 375. The van der Waals surface area contributed by atoms with Gasteiger partial charge < -0.3 is 15.2 Å². The third-order valence-electron chi connectivity index (χ3n) is 2.63. The topological polar surface area (TPSA) is 51.3 Å². The number of nitrogens with zero attached hydrogens (tertiary/aromatic N) is 2. The highest BCUT2D eigenvalue weighted by molar-refractivity contribution is 7.98. The number of carbonyl (C=O) groups excluding carboxylic acids is 1. The van der Waals surface area contributed by atoms with Crippen LogP contribution in [0.1, 0.15) is 17.4 Å². The van der Waals surface area contributed by atoms with E-state index in [4.69, 9.17) is 5.73 Å². The molecule has 0 bridgehead atoms. The lowest BCUT2D eigenvalue weighted by Gasteiger charge is -2.24. The summed E-state index contributed by atoms with van der Waals surface area (Å²) >= 11 is 1.73. The van der Waals surface area contributed by atoms with Crippen LogP contribution in [0, 0.1) is 0 Å². The van der Waals surface area contributed by atoms with E-state index in [1.54, 1.807) is 33.5 Å². The smallest absolute Gasteiger partial charge is 0.270 e. The maximum Gasteiger partial charge on any atom is 0.270 e. The van der Waals surface area contributed by atoms with E-state index >= 15 is 0 Å². The molecule has 1 atom stereocenters. The number of rotatable bonds is 4. The average molecular weight is 241 g/mol. The summed E-state index contributed by atoms with van der Waals surface area (Å²) in [6.07, 6.45) is 3.79. The van der Waals surface area contributed by atoms with E-state index in [2.05, 4.69) is 0 Å². The molecule has 1 unspecified atom stereocenters. The molecule has 90 valence electrons. The fourth-order valence-corrected chi connectivity index (χ4v) is 2.24. The summed E-state index contributed by atoms with van der Waals surface area (Å²) in [5.74, 6) is 0.947. The van der Waals surface area contributed by atoms with E-state index in [0.717, 1.165) is 5.75 Å². The number of hydrogen-bond donors (Lipinski definition) is 1. The van der Waals surface area contributed by atoms with Crippen molar-refractivity contribution >= 4 is 23.4 Å². The minimum absolute atomic E-state index is 0.0146. The van der Waals surface area contributed by atoms with Crippen molar-refractivity contribution in [1.82, 2.24) is 9.47 Å². The number of hydrogen-bond acceptors (Lipinski definition) is 3. The Morgan fingerprint density at radius 1 is 1.69 bits per heavy atom. The summed E-state index contributed by atoms with van der Waals surface area (Å²) in [7, 11) is 3.66. The highest BCUT2D eigenvalue weighted by Gasteiger charge is 2.19. The first-order valence-corrected chi connectivity index (χ1v) is 6.54. The lowest BCUT2D eigenvalue weighted by Crippen LogP contribution is -2.37. The molecule has 0 saturated carbocycles. The first-order chi connectivity index (χ1) is 7.47. The van der Waals surface area contributed by atoms with E-state index < -0.39 is 0 Å². The van der Waals surface area contributed by atoms with Crippen LogP contribution in [0.4, 0.5) is 5.69 Å². The number of anilines is 1. The van der Waals surface area contributed by atoms with Crippen LogP contribution in [-0.4, -0.2) is 40.5 Å². The molecule has 0 saturated heterocycles. The van der Waals surface area contributed by atoms with Crippen molar-refractivity contribution in [3.63, 3.8) is 0 Å². The fourth-order valence-electron chi connectivity index (χ4n) is 1.54. The molecular weight excluding hydrogens is 222 g/mol. The first-order valence-electron chi connectivity index (χ1n) is 5.15. The number of nitrogens with two attached hydrogens (primary N) is 1. The van der Waals surface area contributed by atoms with Crippen LogP contribution in [0.15, 0.2) is 12.3 Å². The standard InChI is InChI=1S/C11H19N3OS/c1-8(7-16-4)14(3)11(15)10-5-9(12)6-13(10)2/h5-6,8H,7,12H2,1-4H3. The van der Waals surface area contributed by atoms with Gasteiger partial charge in [0.25, 0.3) is 5.91 Å². The highest BCUT2D eigenvalue weighted by Crippen LogP contribution is 2.13. The lowest BCUT2D eigenvalue weighted by molar-refractivity contribution is 0.0748. The van der Waals surface area contributed by atoms with Crippen LogP contribution in [0.3, 0.4) is 0 Å². The molecule has 0 aromatic carbocycles. The highest BCUT2D eigenvalue weighted by atomic mass is 32.2. The molecule has 2 N–H and O–H groups in total. The van der Waals surface area contributed by atoms with Gasteiger partial charge >= 0.3 is 0 Å². The molecule has 0 fully saturated rings. The van der Waals surface area contributed by atoms with Gasteiger partial charge in [-0.2, -0.15) is 11.8 Å². The molecule has 0 aliphatic carbocycles. The molecule has 0 spiro atoms. The van der Waals surface area contributed by atoms with Crippen LogP contribution in [-0.2, 0) is 7.05 Å². The maximum absolute atomic E-state index is 12.1. The van der Waals surface area contributed by atoms with E-state index in [1.165, 1.54) is 0 Å². The largest absolute Gasteiger partial charge is 0.397 e. The zero-order chi connectivity index (χ0) is 12.3. The second-order valence-corrected chi connectivity index (χ2v) is 4.90. The maximum atomic E-state index is 12.1. The van der Waals surface area contributed by atoms with Crippen LogP contribution < -0.4 is 5.73 Å². The summed E-state index contributed by atoms with van der Waals surface area (Å²) in [5, 5.41) is 0. The molecule has 1 amide bonds. The van der Waals surface area contributed by atoms with E-state index in [9.17, 15) is 4.79 Å². The molecule has 1 heterocycles. The van der Waals surface area contributed by atoms with E-state index in [-0.39, 0.29) is 11.9 Å². The summed E-state index contributed by atoms with van der Waals surface area (Å²) in [4.78, 5) is 13.9. The Hall–Kier alpha value is -1.10. The summed E-state index contributed by atoms with van der Waals surface area (Å²) in [6.45, 7) is 2.04. The van der Waals surface area contributed by atoms with Crippen LogP contribution >= 0.6 is 11.8 Å². The normalized spacial score (nSPS) is 12.5. The molecule has 0 aliphatic heterocycles. The summed E-state index contributed by atoms with van der Waals surface area (Å²) in [5.41, 5.74) is 6.91. The Balaban J connectivity index is 2.81. The number of nitrogen functional groups attached to an aromatic ring is 1. The van der Waals surface area contributed by atoms with Crippen molar-refractivity contribution in [2.45, 2.75) is 13.0 Å². The number of aromatic nitrogens is 1. The minimum Gasteiger partial charge on any atom is -0.397 e. The van der Waals surface area contributed by atoms with Gasteiger partial charge in [-0.3, -0.25) is 4.79 Å². The average Bonchev–Trinajstić information content (AvgIpc) is 2.56. The van der Waals surface area contributed by atoms with Gasteiger partial charge in [0.05, 0.1) is 5.69 Å². The minimum atomic E-state index is 0.0146. The predicted octanol–water partition coefficient (Wildman–Crippen LogP) is 1.43. The van der Waals surface area contributed by atoms with Gasteiger partial charge in [-0.1, -0.05) is 0 Å². The van der Waals surface area contributed by atoms with Crippen LogP contribution in [0.25, 0.3) is 0 Å². The van der Waals surface area contributed by atoms with Gasteiger partial charge in [-0.25, -0.2) is 0 Å². The zero-order valence-electron chi connectivity index (χ0n) is 10.2. The van der Waals surface area contributed by atoms with E-state index in [0.29, 0.717) is 11.4 Å². The first kappa shape index (κ1) is 13.0. The zero-order valence-corrected chi connectivity index (χ0v) is 11.0. The Morgan fingerprint density at radius 3 is 2.75 bits per heavy atom. The van der Waals surface area contributed by atoms with Crippen molar-refractivity contribution in [1.29, 1.82) is 0 Å². The predicted molar refractivity (Wildman–Crippen MR) is 69.8 cm³/mol. The second-order valence-electron chi connectivity index (χ2n) is 3.99. The third-order valence-corrected chi connectivity index (χ3v) is 3.45. The molecule has 1 aromatic heterocycles. The Labute approximate surface area is 101 Å². The van der Waals surface area contributed by atoms with E-state index in [1.807, 2.05) is 27.3 Å². The number of amides is 1. The molecule has 1 rings (SSSR count). The monoisotopic (exact) mass is 241 g/mol. The van der Waals surface area contributed by atoms with Gasteiger partial charge in [0.1, 0.15) is 5.69 Å². The Morgan fingerprint density at radius 2 is 2.31 bits per heavy atom. The van der Waals surface area contributed by atoms with Gasteiger partial charge in [0.15, 0.2) is 0 Å². The number of aryl methyl sites for hydroxylation is 1. The number of carbonyl (C=O) groups is 1. The molecule has 16 heavy (non-hydrogen) atoms.